The van der Waals surface area contributed by atoms with Gasteiger partial charge in [-0.15, -0.1) is 0 Å². The third-order valence-electron chi connectivity index (χ3n) is 5.28. The predicted molar refractivity (Wildman–Crippen MR) is 113 cm³/mol. The van der Waals surface area contributed by atoms with Gasteiger partial charge >= 0.3 is 0 Å². The lowest BCUT2D eigenvalue weighted by molar-refractivity contribution is 0.0734. The van der Waals surface area contributed by atoms with Crippen molar-refractivity contribution in [1.82, 2.24) is 4.90 Å². The van der Waals surface area contributed by atoms with E-state index in [1.165, 1.54) is 5.56 Å². The number of carbonyl (C=O) groups is 1. The Morgan fingerprint density at radius 1 is 1.03 bits per heavy atom. The zero-order valence-electron chi connectivity index (χ0n) is 16.8. The van der Waals surface area contributed by atoms with Gasteiger partial charge in [0.15, 0.2) is 11.5 Å². The standard InChI is InChI=1S/C25H22N2O3/c1-29-23-14-22-16-27(25(28)20-9-7-18(15-26)8-10-20)12-11-21(22)13-24(23)30-17-19-5-3-2-4-6-19/h2-10,13-14H,11-12,16-17H2,1H3. The molecule has 5 heteroatoms. The van der Waals surface area contributed by atoms with E-state index in [0.717, 1.165) is 17.5 Å². The fourth-order valence-corrected chi connectivity index (χ4v) is 3.62. The monoisotopic (exact) mass is 398 g/mol. The number of amides is 1. The second-order valence-electron chi connectivity index (χ2n) is 7.21. The van der Waals surface area contributed by atoms with Gasteiger partial charge in [-0.1, -0.05) is 30.3 Å². The van der Waals surface area contributed by atoms with Gasteiger partial charge in [-0.3, -0.25) is 4.79 Å². The van der Waals surface area contributed by atoms with Crippen LogP contribution in [0.3, 0.4) is 0 Å². The van der Waals surface area contributed by atoms with Crippen molar-refractivity contribution in [3.8, 4) is 17.6 Å². The van der Waals surface area contributed by atoms with Gasteiger partial charge in [0.2, 0.25) is 0 Å². The van der Waals surface area contributed by atoms with E-state index in [2.05, 4.69) is 6.07 Å². The van der Waals surface area contributed by atoms with Gasteiger partial charge in [0.05, 0.1) is 18.7 Å². The Morgan fingerprint density at radius 3 is 2.47 bits per heavy atom. The number of rotatable bonds is 5. The van der Waals surface area contributed by atoms with Crippen LogP contribution in [0, 0.1) is 11.3 Å². The van der Waals surface area contributed by atoms with Gasteiger partial charge in [0.25, 0.3) is 5.91 Å². The molecular weight excluding hydrogens is 376 g/mol. The summed E-state index contributed by atoms with van der Waals surface area (Å²) in [6.45, 7) is 1.62. The first kappa shape index (κ1) is 19.5. The Bertz CT molecular complexity index is 1090. The average Bonchev–Trinajstić information content (AvgIpc) is 2.82. The largest absolute Gasteiger partial charge is 0.493 e. The van der Waals surface area contributed by atoms with Crippen molar-refractivity contribution in [2.45, 2.75) is 19.6 Å². The molecule has 0 spiro atoms. The highest BCUT2D eigenvalue weighted by Crippen LogP contribution is 2.34. The Labute approximate surface area is 176 Å². The highest BCUT2D eigenvalue weighted by molar-refractivity contribution is 5.94. The maximum absolute atomic E-state index is 12.9. The number of nitrogens with zero attached hydrogens (tertiary/aromatic N) is 2. The van der Waals surface area contributed by atoms with Crippen LogP contribution in [0.1, 0.15) is 32.6 Å². The first-order valence-corrected chi connectivity index (χ1v) is 9.84. The molecule has 0 aliphatic carbocycles. The number of benzene rings is 3. The van der Waals surface area contributed by atoms with Gasteiger partial charge in [-0.05, 0) is 59.5 Å². The molecule has 30 heavy (non-hydrogen) atoms. The van der Waals surface area contributed by atoms with Gasteiger partial charge in [-0.25, -0.2) is 0 Å². The van der Waals surface area contributed by atoms with Gasteiger partial charge in [0.1, 0.15) is 6.61 Å². The number of nitriles is 1. The molecule has 3 aromatic rings. The molecule has 5 nitrogen and oxygen atoms in total. The van der Waals surface area contributed by atoms with Crippen molar-refractivity contribution in [1.29, 1.82) is 5.26 Å². The fourth-order valence-electron chi connectivity index (χ4n) is 3.62. The summed E-state index contributed by atoms with van der Waals surface area (Å²) in [6.07, 6.45) is 0.753. The van der Waals surface area contributed by atoms with Gasteiger partial charge < -0.3 is 14.4 Å². The number of methoxy groups -OCH3 is 1. The molecule has 1 aliphatic heterocycles. The smallest absolute Gasteiger partial charge is 0.254 e. The molecule has 0 unspecified atom stereocenters. The third-order valence-corrected chi connectivity index (χ3v) is 5.28. The normalized spacial score (nSPS) is 12.6. The zero-order chi connectivity index (χ0) is 20.9. The molecule has 0 saturated heterocycles. The van der Waals surface area contributed by atoms with Crippen LogP contribution >= 0.6 is 0 Å². The Balaban J connectivity index is 1.50. The second-order valence-corrected chi connectivity index (χ2v) is 7.21. The lowest BCUT2D eigenvalue weighted by atomic mass is 9.98. The summed E-state index contributed by atoms with van der Waals surface area (Å²) >= 11 is 0. The van der Waals surface area contributed by atoms with E-state index in [0.29, 0.717) is 42.3 Å². The molecule has 1 aliphatic rings. The maximum Gasteiger partial charge on any atom is 0.254 e. The summed E-state index contributed by atoms with van der Waals surface area (Å²) in [5.74, 6) is 1.35. The van der Waals surface area contributed by atoms with Crippen LogP contribution in [0.2, 0.25) is 0 Å². The highest BCUT2D eigenvalue weighted by atomic mass is 16.5. The summed E-state index contributed by atoms with van der Waals surface area (Å²) in [4.78, 5) is 14.7. The van der Waals surface area contributed by atoms with Crippen LogP contribution in [0.15, 0.2) is 66.7 Å². The van der Waals surface area contributed by atoms with E-state index >= 15 is 0 Å². The quantitative estimate of drug-likeness (QED) is 0.641. The van der Waals surface area contributed by atoms with E-state index in [4.69, 9.17) is 14.7 Å². The van der Waals surface area contributed by atoms with Crippen molar-refractivity contribution in [2.24, 2.45) is 0 Å². The predicted octanol–water partition coefficient (Wildman–Crippen LogP) is 4.34. The minimum atomic E-state index is -0.0338. The highest BCUT2D eigenvalue weighted by Gasteiger charge is 2.24. The molecule has 0 radical (unpaired) electrons. The SMILES string of the molecule is COc1cc2c(cc1OCc1ccccc1)CCN(C(=O)c1ccc(C#N)cc1)C2. The topological polar surface area (TPSA) is 62.6 Å². The number of hydrogen-bond donors (Lipinski definition) is 0. The van der Waals surface area contributed by atoms with E-state index in [9.17, 15) is 4.79 Å². The van der Waals surface area contributed by atoms with Crippen LogP contribution in [0.4, 0.5) is 0 Å². The van der Waals surface area contributed by atoms with Crippen LogP contribution in [-0.4, -0.2) is 24.5 Å². The van der Waals surface area contributed by atoms with Gasteiger partial charge in [0, 0.05) is 18.7 Å². The number of ether oxygens (including phenoxy) is 2. The lowest BCUT2D eigenvalue weighted by Crippen LogP contribution is -2.36. The minimum Gasteiger partial charge on any atom is -0.493 e. The summed E-state index contributed by atoms with van der Waals surface area (Å²) in [6, 6.07) is 22.8. The second kappa shape index (κ2) is 8.71. The van der Waals surface area contributed by atoms with Crippen molar-refractivity contribution in [3.63, 3.8) is 0 Å². The van der Waals surface area contributed by atoms with Crippen molar-refractivity contribution >= 4 is 5.91 Å². The zero-order valence-corrected chi connectivity index (χ0v) is 16.8. The van der Waals surface area contributed by atoms with Crippen molar-refractivity contribution < 1.29 is 14.3 Å². The van der Waals surface area contributed by atoms with Gasteiger partial charge in [-0.2, -0.15) is 5.26 Å². The average molecular weight is 398 g/mol. The lowest BCUT2D eigenvalue weighted by Gasteiger charge is -2.30. The molecule has 3 aromatic carbocycles. The molecule has 4 rings (SSSR count). The molecule has 0 atom stereocenters. The van der Waals surface area contributed by atoms with E-state index in [1.807, 2.05) is 47.4 Å². The Kier molecular flexibility index (Phi) is 5.67. The number of carbonyl (C=O) groups excluding carboxylic acids is 1. The molecule has 1 amide bonds. The first-order valence-electron chi connectivity index (χ1n) is 9.84. The fraction of sp³-hybridized carbons (Fsp3) is 0.200. The molecule has 1 heterocycles. The van der Waals surface area contributed by atoms with Crippen LogP contribution in [0.5, 0.6) is 11.5 Å². The van der Waals surface area contributed by atoms with Crippen LogP contribution in [0.25, 0.3) is 0 Å². The number of fused-ring (bicyclic) bond motifs is 1. The first-order chi connectivity index (χ1) is 14.7. The maximum atomic E-state index is 12.9. The Hall–Kier alpha value is -3.78. The summed E-state index contributed by atoms with van der Waals surface area (Å²) < 4.78 is 11.6. The number of hydrogen-bond acceptors (Lipinski definition) is 4. The molecule has 0 fully saturated rings. The van der Waals surface area contributed by atoms with Crippen LogP contribution in [-0.2, 0) is 19.6 Å². The summed E-state index contributed by atoms with van der Waals surface area (Å²) in [5.41, 5.74) is 4.46. The third kappa shape index (κ3) is 4.13. The Morgan fingerprint density at radius 2 is 1.77 bits per heavy atom. The molecule has 150 valence electrons. The molecule has 0 N–H and O–H groups in total. The van der Waals surface area contributed by atoms with Crippen molar-refractivity contribution in [2.75, 3.05) is 13.7 Å². The molecule has 0 bridgehead atoms. The minimum absolute atomic E-state index is 0.0338. The van der Waals surface area contributed by atoms with E-state index in [-0.39, 0.29) is 5.91 Å². The molecular formula is C25H22N2O3. The summed E-state index contributed by atoms with van der Waals surface area (Å²) in [7, 11) is 1.62. The van der Waals surface area contributed by atoms with E-state index in [1.54, 1.807) is 31.4 Å². The van der Waals surface area contributed by atoms with Crippen LogP contribution < -0.4 is 9.47 Å². The molecule has 0 aromatic heterocycles. The van der Waals surface area contributed by atoms with Crippen molar-refractivity contribution in [3.05, 3.63) is 94.5 Å². The van der Waals surface area contributed by atoms with E-state index < -0.39 is 0 Å². The molecule has 0 saturated carbocycles. The summed E-state index contributed by atoms with van der Waals surface area (Å²) in [5, 5.41) is 8.93.